The van der Waals surface area contributed by atoms with E-state index in [2.05, 4.69) is 4.98 Å². The van der Waals surface area contributed by atoms with Crippen LogP contribution < -0.4 is 10.4 Å². The van der Waals surface area contributed by atoms with Gasteiger partial charge in [-0.3, -0.25) is 4.79 Å². The van der Waals surface area contributed by atoms with Crippen molar-refractivity contribution >= 4 is 39.8 Å². The molecule has 0 atom stereocenters. The van der Waals surface area contributed by atoms with Gasteiger partial charge in [-0.15, -0.1) is 0 Å². The van der Waals surface area contributed by atoms with Crippen LogP contribution in [0.2, 0.25) is 0 Å². The highest BCUT2D eigenvalue weighted by Gasteiger charge is 2.12. The summed E-state index contributed by atoms with van der Waals surface area (Å²) in [7, 11) is 1.53. The Hall–Kier alpha value is -3.26. The van der Waals surface area contributed by atoms with Crippen molar-refractivity contribution in [1.29, 1.82) is 0 Å². The van der Waals surface area contributed by atoms with Crippen molar-refractivity contribution in [3.05, 3.63) is 64.5 Å². The van der Waals surface area contributed by atoms with Crippen molar-refractivity contribution in [1.82, 2.24) is 4.98 Å². The molecule has 0 saturated carbocycles. The Morgan fingerprint density at radius 1 is 1.11 bits per heavy atom. The number of fused-ring (bicyclic) bond motifs is 2. The molecule has 142 valence electrons. The molecule has 0 N–H and O–H groups in total. The molecule has 0 aliphatic rings. The first-order valence-corrected chi connectivity index (χ1v) is 9.36. The average Bonchev–Trinajstić information content (AvgIpc) is 3.12. The molecular formula is C20H15NO6S. The largest absolute Gasteiger partial charge is 0.497 e. The summed E-state index contributed by atoms with van der Waals surface area (Å²) < 4.78 is 21.2. The summed E-state index contributed by atoms with van der Waals surface area (Å²) in [4.78, 5) is 28.2. The molecule has 4 rings (SSSR count). The summed E-state index contributed by atoms with van der Waals surface area (Å²) in [6, 6.07) is 13.8. The maximum Gasteiger partial charge on any atom is 0.336 e. The first-order chi connectivity index (χ1) is 13.6. The van der Waals surface area contributed by atoms with Crippen molar-refractivity contribution in [2.45, 2.75) is 11.8 Å². The number of benzene rings is 2. The number of para-hydroxylation sites is 2. The van der Waals surface area contributed by atoms with Crippen LogP contribution >= 0.6 is 11.8 Å². The van der Waals surface area contributed by atoms with E-state index in [4.69, 9.17) is 18.3 Å². The summed E-state index contributed by atoms with van der Waals surface area (Å²) in [5.74, 6) is 0.168. The fourth-order valence-electron chi connectivity index (χ4n) is 2.69. The highest BCUT2D eigenvalue weighted by atomic mass is 32.2. The molecule has 2 aromatic heterocycles. The zero-order valence-electron chi connectivity index (χ0n) is 14.8. The van der Waals surface area contributed by atoms with Crippen LogP contribution in [0, 0.1) is 0 Å². The molecule has 0 unspecified atom stereocenters. The van der Waals surface area contributed by atoms with E-state index in [9.17, 15) is 9.59 Å². The predicted octanol–water partition coefficient (Wildman–Crippen LogP) is 3.78. The Balaban J connectivity index is 1.42. The van der Waals surface area contributed by atoms with E-state index >= 15 is 0 Å². The second-order valence-electron chi connectivity index (χ2n) is 5.85. The topological polar surface area (TPSA) is 91.8 Å². The summed E-state index contributed by atoms with van der Waals surface area (Å²) in [5, 5.41) is 1.08. The van der Waals surface area contributed by atoms with E-state index in [1.807, 2.05) is 24.3 Å². The number of hydrogen-bond donors (Lipinski definition) is 0. The van der Waals surface area contributed by atoms with Crippen LogP contribution in [0.25, 0.3) is 22.1 Å². The number of carbonyl (C=O) groups is 1. The number of methoxy groups -OCH3 is 1. The number of esters is 1. The normalized spacial score (nSPS) is 11.0. The molecular weight excluding hydrogens is 382 g/mol. The number of thioether (sulfide) groups is 1. The van der Waals surface area contributed by atoms with Gasteiger partial charge in [0, 0.05) is 23.1 Å². The molecule has 0 amide bonds. The zero-order chi connectivity index (χ0) is 19.5. The zero-order valence-corrected chi connectivity index (χ0v) is 15.7. The van der Waals surface area contributed by atoms with Gasteiger partial charge in [0.15, 0.2) is 5.58 Å². The Bertz CT molecular complexity index is 1180. The van der Waals surface area contributed by atoms with E-state index in [1.165, 1.54) is 13.2 Å². The SMILES string of the molecule is COc1ccc2c(COC(=O)CSc3nc4ccccc4o3)cc(=O)oc2c1. The molecule has 4 aromatic rings. The number of ether oxygens (including phenoxy) is 2. The monoisotopic (exact) mass is 397 g/mol. The van der Waals surface area contributed by atoms with Crippen LogP contribution in [0.3, 0.4) is 0 Å². The Labute approximate surface area is 163 Å². The van der Waals surface area contributed by atoms with E-state index in [0.717, 1.165) is 17.3 Å². The summed E-state index contributed by atoms with van der Waals surface area (Å²) in [5.41, 5.74) is 1.81. The summed E-state index contributed by atoms with van der Waals surface area (Å²) in [6.45, 7) is -0.0403. The van der Waals surface area contributed by atoms with Gasteiger partial charge in [0.2, 0.25) is 0 Å². The number of carbonyl (C=O) groups excluding carboxylic acids is 1. The predicted molar refractivity (Wildman–Crippen MR) is 104 cm³/mol. The van der Waals surface area contributed by atoms with Gasteiger partial charge in [-0.1, -0.05) is 23.9 Å². The third-order valence-corrected chi connectivity index (χ3v) is 4.82. The van der Waals surface area contributed by atoms with Crippen molar-refractivity contribution in [2.24, 2.45) is 0 Å². The fraction of sp³-hybridized carbons (Fsp3) is 0.150. The molecule has 8 heteroatoms. The van der Waals surface area contributed by atoms with Crippen LogP contribution in [0.4, 0.5) is 0 Å². The van der Waals surface area contributed by atoms with Gasteiger partial charge in [-0.2, -0.15) is 0 Å². The maximum atomic E-state index is 12.1. The van der Waals surface area contributed by atoms with Gasteiger partial charge < -0.3 is 18.3 Å². The molecule has 0 saturated heterocycles. The summed E-state index contributed by atoms with van der Waals surface area (Å²) >= 11 is 1.15. The average molecular weight is 397 g/mol. The minimum Gasteiger partial charge on any atom is -0.497 e. The number of nitrogens with zero attached hydrogens (tertiary/aromatic N) is 1. The fourth-order valence-corrected chi connectivity index (χ4v) is 3.33. The number of oxazole rings is 1. The van der Waals surface area contributed by atoms with E-state index in [1.54, 1.807) is 18.2 Å². The summed E-state index contributed by atoms with van der Waals surface area (Å²) in [6.07, 6.45) is 0. The lowest BCUT2D eigenvalue weighted by atomic mass is 10.1. The van der Waals surface area contributed by atoms with E-state index in [0.29, 0.717) is 33.1 Å². The molecule has 0 radical (unpaired) electrons. The molecule has 2 heterocycles. The Morgan fingerprint density at radius 3 is 2.79 bits per heavy atom. The van der Waals surface area contributed by atoms with E-state index < -0.39 is 11.6 Å². The molecule has 28 heavy (non-hydrogen) atoms. The number of aromatic nitrogens is 1. The third-order valence-electron chi connectivity index (χ3n) is 4.01. The number of rotatable bonds is 6. The minimum absolute atomic E-state index is 0.0403. The van der Waals surface area contributed by atoms with Crippen molar-refractivity contribution in [3.8, 4) is 5.75 Å². The molecule has 2 aromatic carbocycles. The Morgan fingerprint density at radius 2 is 1.96 bits per heavy atom. The Kier molecular flexibility index (Phi) is 5.03. The van der Waals surface area contributed by atoms with Crippen molar-refractivity contribution in [3.63, 3.8) is 0 Å². The first-order valence-electron chi connectivity index (χ1n) is 8.37. The maximum absolute atomic E-state index is 12.1. The standard InChI is InChI=1S/C20H15NO6S/c1-24-13-6-7-14-12(8-18(22)26-17(14)9-13)10-25-19(23)11-28-20-21-15-4-2-3-5-16(15)27-20/h2-9H,10-11H2,1H3. The van der Waals surface area contributed by atoms with Crippen LogP contribution in [-0.2, 0) is 16.1 Å². The van der Waals surface area contributed by atoms with Gasteiger partial charge in [0.1, 0.15) is 29.2 Å². The van der Waals surface area contributed by atoms with Gasteiger partial charge >= 0.3 is 11.6 Å². The van der Waals surface area contributed by atoms with Crippen LogP contribution in [-0.4, -0.2) is 23.8 Å². The molecule has 0 fully saturated rings. The second kappa shape index (κ2) is 7.77. The lowest BCUT2D eigenvalue weighted by molar-refractivity contribution is -0.141. The van der Waals surface area contributed by atoms with Gasteiger partial charge in [0.05, 0.1) is 7.11 Å². The third kappa shape index (κ3) is 3.86. The highest BCUT2D eigenvalue weighted by molar-refractivity contribution is 7.99. The van der Waals surface area contributed by atoms with Gasteiger partial charge in [-0.25, -0.2) is 9.78 Å². The van der Waals surface area contributed by atoms with Crippen molar-refractivity contribution < 1.29 is 23.1 Å². The quantitative estimate of drug-likeness (QED) is 0.276. The minimum atomic E-state index is -0.521. The van der Waals surface area contributed by atoms with Crippen molar-refractivity contribution in [2.75, 3.05) is 12.9 Å². The number of hydrogen-bond acceptors (Lipinski definition) is 8. The molecule has 0 aliphatic carbocycles. The molecule has 0 bridgehead atoms. The van der Waals surface area contributed by atoms with Gasteiger partial charge in [-0.05, 0) is 24.3 Å². The first kappa shape index (κ1) is 18.1. The van der Waals surface area contributed by atoms with E-state index in [-0.39, 0.29) is 12.4 Å². The van der Waals surface area contributed by atoms with Crippen LogP contribution in [0.1, 0.15) is 5.56 Å². The molecule has 0 spiro atoms. The smallest absolute Gasteiger partial charge is 0.336 e. The lowest BCUT2D eigenvalue weighted by Gasteiger charge is -2.07. The highest BCUT2D eigenvalue weighted by Crippen LogP contribution is 2.25. The second-order valence-corrected chi connectivity index (χ2v) is 6.78. The molecule has 0 aliphatic heterocycles. The van der Waals surface area contributed by atoms with Crippen LogP contribution in [0.15, 0.2) is 67.4 Å². The van der Waals surface area contributed by atoms with Crippen LogP contribution in [0.5, 0.6) is 5.75 Å². The van der Waals surface area contributed by atoms with Gasteiger partial charge in [0.25, 0.3) is 5.22 Å². The lowest BCUT2D eigenvalue weighted by Crippen LogP contribution is -2.09. The molecule has 7 nitrogen and oxygen atoms in total.